The molecule has 0 bridgehead atoms. The van der Waals surface area contributed by atoms with Crippen LogP contribution in [0.3, 0.4) is 0 Å². The number of aromatic nitrogens is 2. The first kappa shape index (κ1) is 12.6. The van der Waals surface area contributed by atoms with Gasteiger partial charge >= 0.3 is 0 Å². The lowest BCUT2D eigenvalue weighted by Gasteiger charge is -2.11. The first-order valence-electron chi connectivity index (χ1n) is 6.45. The van der Waals surface area contributed by atoms with Crippen molar-refractivity contribution >= 4 is 10.9 Å². The van der Waals surface area contributed by atoms with E-state index in [1.165, 1.54) is 0 Å². The minimum absolute atomic E-state index is 0.404. The van der Waals surface area contributed by atoms with Gasteiger partial charge in [-0.3, -0.25) is 4.98 Å². The fraction of sp³-hybridized carbons (Fsp3) is 0.125. The summed E-state index contributed by atoms with van der Waals surface area (Å²) in [5, 5.41) is 1.08. The fourth-order valence-electron chi connectivity index (χ4n) is 2.12. The van der Waals surface area contributed by atoms with Crippen molar-refractivity contribution in [2.45, 2.75) is 13.5 Å². The van der Waals surface area contributed by atoms with E-state index in [-0.39, 0.29) is 0 Å². The average Bonchev–Trinajstić information content (AvgIpc) is 2.47. The monoisotopic (exact) mass is 265 g/mol. The van der Waals surface area contributed by atoms with Gasteiger partial charge in [0, 0.05) is 36.0 Å². The van der Waals surface area contributed by atoms with E-state index in [9.17, 15) is 0 Å². The van der Waals surface area contributed by atoms with Crippen LogP contribution < -0.4 is 10.5 Å². The first-order chi connectivity index (χ1) is 9.78. The molecule has 3 rings (SSSR count). The molecule has 0 aliphatic heterocycles. The third-order valence-electron chi connectivity index (χ3n) is 3.25. The topological polar surface area (TPSA) is 61.0 Å². The number of nitrogens with zero attached hydrogens (tertiary/aromatic N) is 2. The van der Waals surface area contributed by atoms with Crippen LogP contribution in [0.2, 0.25) is 0 Å². The second-order valence-electron chi connectivity index (χ2n) is 4.58. The molecule has 0 amide bonds. The predicted molar refractivity (Wildman–Crippen MR) is 78.7 cm³/mol. The highest BCUT2D eigenvalue weighted by Crippen LogP contribution is 2.26. The molecule has 2 heterocycles. The number of nitrogens with two attached hydrogens (primary N) is 1. The summed E-state index contributed by atoms with van der Waals surface area (Å²) in [5.41, 5.74) is 8.66. The summed E-state index contributed by atoms with van der Waals surface area (Å²) in [7, 11) is 0. The minimum Gasteiger partial charge on any atom is -0.439 e. The van der Waals surface area contributed by atoms with Gasteiger partial charge in [-0.1, -0.05) is 6.07 Å². The molecule has 0 aliphatic carbocycles. The number of aryl methyl sites for hydroxylation is 1. The highest BCUT2D eigenvalue weighted by atomic mass is 16.5. The number of hydrogen-bond donors (Lipinski definition) is 1. The third kappa shape index (κ3) is 2.33. The van der Waals surface area contributed by atoms with Crippen molar-refractivity contribution in [2.24, 2.45) is 5.73 Å². The molecule has 4 heteroatoms. The Labute approximate surface area is 117 Å². The van der Waals surface area contributed by atoms with Gasteiger partial charge in [0.2, 0.25) is 5.88 Å². The number of pyridine rings is 2. The van der Waals surface area contributed by atoms with Crippen molar-refractivity contribution in [1.29, 1.82) is 0 Å². The van der Waals surface area contributed by atoms with Crippen LogP contribution in [0.15, 0.2) is 48.8 Å². The molecule has 2 N–H and O–H groups in total. The Morgan fingerprint density at radius 3 is 2.85 bits per heavy atom. The molecule has 1 aromatic carbocycles. The van der Waals surface area contributed by atoms with Crippen molar-refractivity contribution in [3.8, 4) is 11.6 Å². The van der Waals surface area contributed by atoms with Crippen LogP contribution in [-0.4, -0.2) is 9.97 Å². The van der Waals surface area contributed by atoms with Crippen LogP contribution in [0.1, 0.15) is 11.1 Å². The molecule has 100 valence electrons. The van der Waals surface area contributed by atoms with Crippen molar-refractivity contribution < 1.29 is 4.74 Å². The van der Waals surface area contributed by atoms with Gasteiger partial charge in [-0.2, -0.15) is 0 Å². The van der Waals surface area contributed by atoms with E-state index >= 15 is 0 Å². The quantitative estimate of drug-likeness (QED) is 0.790. The highest BCUT2D eigenvalue weighted by Gasteiger charge is 2.08. The predicted octanol–water partition coefficient (Wildman–Crippen LogP) is 3.19. The number of benzene rings is 1. The van der Waals surface area contributed by atoms with Gasteiger partial charge < -0.3 is 10.5 Å². The molecule has 0 radical (unpaired) electrons. The maximum Gasteiger partial charge on any atom is 0.223 e. The molecule has 0 saturated heterocycles. The maximum atomic E-state index is 5.86. The van der Waals surface area contributed by atoms with Crippen molar-refractivity contribution in [1.82, 2.24) is 9.97 Å². The van der Waals surface area contributed by atoms with E-state index in [1.54, 1.807) is 12.4 Å². The lowest BCUT2D eigenvalue weighted by atomic mass is 10.1. The third-order valence-corrected chi connectivity index (χ3v) is 3.25. The molecule has 20 heavy (non-hydrogen) atoms. The van der Waals surface area contributed by atoms with Crippen LogP contribution in [-0.2, 0) is 6.54 Å². The largest absolute Gasteiger partial charge is 0.439 e. The van der Waals surface area contributed by atoms with Crippen LogP contribution in [0.5, 0.6) is 11.6 Å². The fourth-order valence-corrected chi connectivity index (χ4v) is 2.12. The number of fused-ring (bicyclic) bond motifs is 1. The summed E-state index contributed by atoms with van der Waals surface area (Å²) >= 11 is 0. The maximum absolute atomic E-state index is 5.86. The molecular weight excluding hydrogens is 250 g/mol. The summed E-state index contributed by atoms with van der Waals surface area (Å²) in [4.78, 5) is 8.58. The molecule has 2 aromatic heterocycles. The summed E-state index contributed by atoms with van der Waals surface area (Å²) in [5.74, 6) is 1.27. The zero-order valence-electron chi connectivity index (χ0n) is 11.2. The average molecular weight is 265 g/mol. The van der Waals surface area contributed by atoms with Gasteiger partial charge in [-0.15, -0.1) is 0 Å². The molecule has 0 fully saturated rings. The minimum atomic E-state index is 0.404. The smallest absolute Gasteiger partial charge is 0.223 e. The van der Waals surface area contributed by atoms with Crippen LogP contribution in [0.4, 0.5) is 0 Å². The molecule has 0 saturated carbocycles. The second kappa shape index (κ2) is 5.27. The van der Waals surface area contributed by atoms with Crippen LogP contribution in [0.25, 0.3) is 10.9 Å². The molecule has 0 aliphatic rings. The van der Waals surface area contributed by atoms with Crippen molar-refractivity contribution in [2.75, 3.05) is 0 Å². The van der Waals surface area contributed by atoms with E-state index in [0.29, 0.717) is 18.2 Å². The zero-order chi connectivity index (χ0) is 13.9. The lowest BCUT2D eigenvalue weighted by molar-refractivity contribution is 0.456. The number of hydrogen-bond acceptors (Lipinski definition) is 4. The van der Waals surface area contributed by atoms with E-state index in [4.69, 9.17) is 10.5 Å². The molecular formula is C16H15N3O. The van der Waals surface area contributed by atoms with Crippen LogP contribution >= 0.6 is 0 Å². The van der Waals surface area contributed by atoms with Gasteiger partial charge in [0.05, 0.1) is 5.52 Å². The molecule has 0 atom stereocenters. The van der Waals surface area contributed by atoms with E-state index in [2.05, 4.69) is 9.97 Å². The van der Waals surface area contributed by atoms with Gasteiger partial charge in [0.1, 0.15) is 5.75 Å². The summed E-state index contributed by atoms with van der Waals surface area (Å²) in [6.07, 6.45) is 3.49. The van der Waals surface area contributed by atoms with Crippen molar-refractivity contribution in [3.05, 3.63) is 59.9 Å². The van der Waals surface area contributed by atoms with E-state index < -0.39 is 0 Å². The van der Waals surface area contributed by atoms with Gasteiger partial charge in [-0.25, -0.2) is 4.98 Å². The Morgan fingerprint density at radius 1 is 1.10 bits per heavy atom. The summed E-state index contributed by atoms with van der Waals surface area (Å²) in [6.45, 7) is 2.40. The Hall–Kier alpha value is -2.46. The standard InChI is InChI=1S/C16H15N3O/c1-11-6-8-19-16(14(11)10-17)20-13-5-4-12-3-2-7-18-15(12)9-13/h2-9H,10,17H2,1H3. The zero-order valence-corrected chi connectivity index (χ0v) is 11.2. The number of ether oxygens (including phenoxy) is 1. The Balaban J connectivity index is 1.99. The van der Waals surface area contributed by atoms with Crippen molar-refractivity contribution in [3.63, 3.8) is 0 Å². The van der Waals surface area contributed by atoms with Gasteiger partial charge in [0.25, 0.3) is 0 Å². The Morgan fingerprint density at radius 2 is 2.00 bits per heavy atom. The highest BCUT2D eigenvalue weighted by molar-refractivity contribution is 5.79. The van der Waals surface area contributed by atoms with E-state index in [0.717, 1.165) is 22.0 Å². The Kier molecular flexibility index (Phi) is 3.31. The lowest BCUT2D eigenvalue weighted by Crippen LogP contribution is -2.03. The number of rotatable bonds is 3. The SMILES string of the molecule is Cc1ccnc(Oc2ccc3cccnc3c2)c1CN. The summed E-state index contributed by atoms with van der Waals surface area (Å²) < 4.78 is 5.86. The summed E-state index contributed by atoms with van der Waals surface area (Å²) in [6, 6.07) is 11.7. The van der Waals surface area contributed by atoms with E-state index in [1.807, 2.05) is 43.3 Å². The van der Waals surface area contributed by atoms with Gasteiger partial charge in [0.15, 0.2) is 0 Å². The molecule has 0 spiro atoms. The second-order valence-corrected chi connectivity index (χ2v) is 4.58. The molecule has 3 aromatic rings. The molecule has 0 unspecified atom stereocenters. The van der Waals surface area contributed by atoms with Crippen LogP contribution in [0, 0.1) is 6.92 Å². The van der Waals surface area contributed by atoms with Gasteiger partial charge in [-0.05, 0) is 36.8 Å². The molecule has 4 nitrogen and oxygen atoms in total. The normalized spacial score (nSPS) is 10.7. The Bertz CT molecular complexity index is 756. The first-order valence-corrected chi connectivity index (χ1v) is 6.45.